The van der Waals surface area contributed by atoms with Gasteiger partial charge in [-0.15, -0.1) is 16.2 Å². The van der Waals surface area contributed by atoms with Gasteiger partial charge in [0.05, 0.1) is 0 Å². The monoisotopic (exact) mass is 294 g/mol. The van der Waals surface area contributed by atoms with Gasteiger partial charge >= 0.3 is 8.25 Å². The molecule has 0 fully saturated rings. The molecule has 1 aromatic carbocycles. The second-order valence-corrected chi connectivity index (χ2v) is 5.96. The molecule has 0 radical (unpaired) electrons. The van der Waals surface area contributed by atoms with Gasteiger partial charge in [-0.1, -0.05) is 22.7 Å². The Morgan fingerprint density at radius 3 is 2.84 bits per heavy atom. The number of nitrogens with zero attached hydrogens (tertiary/aromatic N) is 1. The summed E-state index contributed by atoms with van der Waals surface area (Å²) in [6, 6.07) is 11.8. The number of rotatable bonds is 3. The van der Waals surface area contributed by atoms with Gasteiger partial charge in [-0.05, 0) is 30.0 Å². The summed E-state index contributed by atoms with van der Waals surface area (Å²) in [7, 11) is -2.63. The van der Waals surface area contributed by atoms with Crippen LogP contribution in [0.25, 0.3) is 0 Å². The van der Waals surface area contributed by atoms with E-state index >= 15 is 0 Å². The van der Waals surface area contributed by atoms with Gasteiger partial charge in [-0.25, -0.2) is 0 Å². The van der Waals surface area contributed by atoms with Crippen molar-refractivity contribution in [1.29, 1.82) is 0 Å². The summed E-state index contributed by atoms with van der Waals surface area (Å²) in [6.07, 6.45) is 0.454. The molecular formula is C13H13NO3PS+. The fourth-order valence-electron chi connectivity index (χ4n) is 2.36. The van der Waals surface area contributed by atoms with Crippen LogP contribution in [0.3, 0.4) is 0 Å². The fraction of sp³-hybridized carbons (Fsp3) is 0.231. The largest absolute Gasteiger partial charge is 0.697 e. The summed E-state index contributed by atoms with van der Waals surface area (Å²) in [5, 5.41) is 2.00. The lowest BCUT2D eigenvalue weighted by Crippen LogP contribution is -2.35. The Balaban J connectivity index is 1.98. The van der Waals surface area contributed by atoms with Gasteiger partial charge < -0.3 is 4.90 Å². The SMILES string of the molecule is O=[P+](O)O[C@H]1c2ccsc2CCN1c1ccccc1. The van der Waals surface area contributed by atoms with Crippen LogP contribution in [0.5, 0.6) is 0 Å². The first-order chi connectivity index (χ1) is 9.25. The van der Waals surface area contributed by atoms with E-state index in [0.29, 0.717) is 0 Å². The van der Waals surface area contributed by atoms with Crippen LogP contribution in [0.1, 0.15) is 16.7 Å². The van der Waals surface area contributed by atoms with Crippen molar-refractivity contribution in [2.24, 2.45) is 0 Å². The molecule has 6 heteroatoms. The second-order valence-electron chi connectivity index (χ2n) is 4.27. The molecule has 0 amide bonds. The maximum atomic E-state index is 11.1. The van der Waals surface area contributed by atoms with E-state index in [0.717, 1.165) is 24.2 Å². The predicted octanol–water partition coefficient (Wildman–Crippen LogP) is 3.48. The van der Waals surface area contributed by atoms with Crippen LogP contribution in [-0.4, -0.2) is 11.4 Å². The van der Waals surface area contributed by atoms with E-state index in [-0.39, 0.29) is 0 Å². The van der Waals surface area contributed by atoms with Crippen molar-refractivity contribution in [3.05, 3.63) is 52.2 Å². The molecule has 0 bridgehead atoms. The highest BCUT2D eigenvalue weighted by atomic mass is 32.1. The Bertz CT molecular complexity index is 587. The Morgan fingerprint density at radius 1 is 1.32 bits per heavy atom. The number of anilines is 1. The zero-order valence-electron chi connectivity index (χ0n) is 10.1. The van der Waals surface area contributed by atoms with Crippen molar-refractivity contribution in [2.75, 3.05) is 11.4 Å². The summed E-state index contributed by atoms with van der Waals surface area (Å²) >= 11 is 1.67. The third kappa shape index (κ3) is 2.55. The molecule has 0 saturated heterocycles. The molecule has 3 rings (SSSR count). The van der Waals surface area contributed by atoms with Gasteiger partial charge in [-0.2, -0.15) is 0 Å². The number of benzene rings is 1. The molecule has 1 aliphatic rings. The van der Waals surface area contributed by atoms with E-state index in [2.05, 4.69) is 0 Å². The lowest BCUT2D eigenvalue weighted by Gasteiger charge is -2.33. The molecule has 2 heterocycles. The lowest BCUT2D eigenvalue weighted by molar-refractivity contribution is 0.180. The minimum Gasteiger partial charge on any atom is -0.338 e. The molecule has 2 aromatic rings. The quantitative estimate of drug-likeness (QED) is 0.881. The third-order valence-corrected chi connectivity index (χ3v) is 4.56. The first-order valence-corrected chi connectivity index (χ1v) is 7.97. The molecular weight excluding hydrogens is 281 g/mol. The molecule has 0 spiro atoms. The smallest absolute Gasteiger partial charge is 0.338 e. The molecule has 2 atom stereocenters. The van der Waals surface area contributed by atoms with Gasteiger partial charge in [0.15, 0.2) is 0 Å². The molecule has 0 saturated carbocycles. The molecule has 98 valence electrons. The van der Waals surface area contributed by atoms with Gasteiger partial charge in [0.25, 0.3) is 0 Å². The number of hydrogen-bond acceptors (Lipinski definition) is 4. The summed E-state index contributed by atoms with van der Waals surface area (Å²) in [4.78, 5) is 12.4. The van der Waals surface area contributed by atoms with E-state index in [1.165, 1.54) is 4.88 Å². The van der Waals surface area contributed by atoms with E-state index in [1.807, 2.05) is 46.7 Å². The maximum Gasteiger partial charge on any atom is 0.697 e. The highest BCUT2D eigenvalue weighted by Crippen LogP contribution is 2.40. The Hall–Kier alpha value is -1.26. The Labute approximate surface area is 116 Å². The number of thiophene rings is 1. The molecule has 19 heavy (non-hydrogen) atoms. The first-order valence-electron chi connectivity index (χ1n) is 5.96. The predicted molar refractivity (Wildman–Crippen MR) is 75.5 cm³/mol. The topological polar surface area (TPSA) is 49.8 Å². The normalized spacial score (nSPS) is 19.1. The average Bonchev–Trinajstić information content (AvgIpc) is 2.88. The third-order valence-electron chi connectivity index (χ3n) is 3.19. The van der Waals surface area contributed by atoms with Crippen molar-refractivity contribution < 1.29 is 14.0 Å². The van der Waals surface area contributed by atoms with E-state index in [9.17, 15) is 4.57 Å². The van der Waals surface area contributed by atoms with E-state index < -0.39 is 14.5 Å². The van der Waals surface area contributed by atoms with Gasteiger partial charge in [0.1, 0.15) is 0 Å². The number of hydrogen-bond donors (Lipinski definition) is 1. The maximum absolute atomic E-state index is 11.1. The molecule has 4 nitrogen and oxygen atoms in total. The van der Waals surface area contributed by atoms with Gasteiger partial charge in [-0.3, -0.25) is 0 Å². The van der Waals surface area contributed by atoms with Crippen LogP contribution < -0.4 is 4.90 Å². The summed E-state index contributed by atoms with van der Waals surface area (Å²) in [6.45, 7) is 0.783. The highest BCUT2D eigenvalue weighted by Gasteiger charge is 2.35. The van der Waals surface area contributed by atoms with Crippen LogP contribution in [0.2, 0.25) is 0 Å². The van der Waals surface area contributed by atoms with Crippen molar-refractivity contribution >= 4 is 25.3 Å². The van der Waals surface area contributed by atoms with E-state index in [4.69, 9.17) is 9.42 Å². The van der Waals surface area contributed by atoms with Crippen molar-refractivity contribution in [3.63, 3.8) is 0 Å². The average molecular weight is 294 g/mol. The van der Waals surface area contributed by atoms with Crippen LogP contribution >= 0.6 is 19.6 Å². The first kappa shape index (κ1) is 12.8. The summed E-state index contributed by atoms with van der Waals surface area (Å²) in [5.41, 5.74) is 2.00. The van der Waals surface area contributed by atoms with Crippen molar-refractivity contribution in [3.8, 4) is 0 Å². The van der Waals surface area contributed by atoms with Gasteiger partial charge in [0.2, 0.25) is 6.23 Å². The number of para-hydroxylation sites is 1. The lowest BCUT2D eigenvalue weighted by atomic mass is 10.1. The van der Waals surface area contributed by atoms with E-state index in [1.54, 1.807) is 11.3 Å². The summed E-state index contributed by atoms with van der Waals surface area (Å²) in [5.74, 6) is 0. The molecule has 0 aliphatic carbocycles. The van der Waals surface area contributed by atoms with Crippen LogP contribution in [0.4, 0.5) is 5.69 Å². The fourth-order valence-corrected chi connectivity index (χ4v) is 3.66. The summed E-state index contributed by atoms with van der Waals surface area (Å²) < 4.78 is 16.3. The molecule has 1 N–H and O–H groups in total. The van der Waals surface area contributed by atoms with Crippen LogP contribution in [0.15, 0.2) is 41.8 Å². The van der Waals surface area contributed by atoms with Gasteiger partial charge in [0, 0.05) is 27.2 Å². The second kappa shape index (κ2) is 5.39. The molecule has 1 unspecified atom stereocenters. The Kier molecular flexibility index (Phi) is 3.62. The zero-order valence-corrected chi connectivity index (χ0v) is 11.8. The Morgan fingerprint density at radius 2 is 2.11 bits per heavy atom. The van der Waals surface area contributed by atoms with Crippen LogP contribution in [0, 0.1) is 0 Å². The van der Waals surface area contributed by atoms with Crippen molar-refractivity contribution in [2.45, 2.75) is 12.6 Å². The standard InChI is InChI=1S/C13H12NO3PS/c15-18(16)17-13-11-7-9-19-12(11)6-8-14(13)10-4-2-1-3-5-10/h1-5,7,9,13H,6,8H2/p+1/t13-/m0/s1. The molecule has 1 aliphatic heterocycles. The molecule has 1 aromatic heterocycles. The van der Waals surface area contributed by atoms with Crippen LogP contribution in [-0.2, 0) is 15.5 Å². The highest BCUT2D eigenvalue weighted by molar-refractivity contribution is 7.32. The zero-order chi connectivity index (χ0) is 13.2. The van der Waals surface area contributed by atoms with Crippen molar-refractivity contribution in [1.82, 2.24) is 0 Å². The minimum absolute atomic E-state index is 0.481. The number of fused-ring (bicyclic) bond motifs is 1. The minimum atomic E-state index is -2.63.